The quantitative estimate of drug-likeness (QED) is 0.321. The summed E-state index contributed by atoms with van der Waals surface area (Å²) in [5.74, 6) is -4.48. The molecule has 0 aromatic heterocycles. The van der Waals surface area contributed by atoms with Crippen LogP contribution in [0.25, 0.3) is 0 Å². The molecule has 1 fully saturated rings. The number of imide groups is 1. The average Bonchev–Trinajstić information content (AvgIpc) is 3.28. The van der Waals surface area contributed by atoms with Crippen molar-refractivity contribution >= 4 is 52.3 Å². The Labute approximate surface area is 199 Å². The third-order valence-electron chi connectivity index (χ3n) is 6.07. The third kappa shape index (κ3) is 3.41. The summed E-state index contributed by atoms with van der Waals surface area (Å²) >= 11 is 5.93. The lowest BCUT2D eigenvalue weighted by Crippen LogP contribution is -2.51. The summed E-state index contributed by atoms with van der Waals surface area (Å²) in [6, 6.07) is 19.3. The van der Waals surface area contributed by atoms with Crippen molar-refractivity contribution < 1.29 is 24.0 Å². The number of carbonyl (C=O) groups excluding carboxylic acids is 5. The molecule has 2 aliphatic rings. The van der Waals surface area contributed by atoms with Gasteiger partial charge in [-0.1, -0.05) is 54.1 Å². The van der Waals surface area contributed by atoms with Crippen LogP contribution >= 0.6 is 11.6 Å². The molecule has 0 N–H and O–H groups in total. The van der Waals surface area contributed by atoms with E-state index < -0.39 is 41.2 Å². The number of para-hydroxylation sites is 1. The van der Waals surface area contributed by atoms with Gasteiger partial charge in [-0.2, -0.15) is 0 Å². The Kier molecular flexibility index (Phi) is 5.34. The first-order chi connectivity index (χ1) is 16.4. The van der Waals surface area contributed by atoms with Gasteiger partial charge in [0.25, 0.3) is 11.7 Å². The number of amides is 3. The summed E-state index contributed by atoms with van der Waals surface area (Å²) in [7, 11) is 0. The van der Waals surface area contributed by atoms with Gasteiger partial charge < -0.3 is 0 Å². The smallest absolute Gasteiger partial charge is 0.293 e. The lowest BCUT2D eigenvalue weighted by Gasteiger charge is -2.30. The molecule has 0 bridgehead atoms. The number of benzene rings is 3. The van der Waals surface area contributed by atoms with Crippen molar-refractivity contribution in [2.75, 3.05) is 9.80 Å². The number of nitrogens with zero attached hydrogens (tertiary/aromatic N) is 2. The number of ketones is 2. The van der Waals surface area contributed by atoms with E-state index in [1.807, 2.05) is 0 Å². The second-order valence-electron chi connectivity index (χ2n) is 8.05. The highest BCUT2D eigenvalue weighted by Gasteiger charge is 2.52. The summed E-state index contributed by atoms with van der Waals surface area (Å²) in [5.41, 5.74) is 0.987. The molecule has 3 amide bonds. The molecule has 2 unspecified atom stereocenters. The lowest BCUT2D eigenvalue weighted by molar-refractivity contribution is -0.122. The van der Waals surface area contributed by atoms with Gasteiger partial charge in [-0.15, -0.1) is 0 Å². The van der Waals surface area contributed by atoms with Crippen molar-refractivity contribution in [2.45, 2.75) is 12.5 Å². The first-order valence-corrected chi connectivity index (χ1v) is 10.9. The SMILES string of the molecule is O=C1C(=O)N(C(C(=O)c2ccccc2)C2CC(=O)N(c3ccc(Cl)cc3)C2=O)c2ccccc21. The molecule has 5 rings (SSSR count). The number of fused-ring (bicyclic) bond motifs is 1. The molecular weight excluding hydrogens is 456 g/mol. The monoisotopic (exact) mass is 472 g/mol. The number of hydrogen-bond acceptors (Lipinski definition) is 5. The minimum atomic E-state index is -1.36. The molecule has 0 spiro atoms. The minimum Gasteiger partial charge on any atom is -0.293 e. The van der Waals surface area contributed by atoms with Crippen LogP contribution in [-0.4, -0.2) is 35.3 Å². The van der Waals surface area contributed by atoms with E-state index in [1.165, 1.54) is 18.2 Å². The van der Waals surface area contributed by atoms with E-state index in [0.717, 1.165) is 9.80 Å². The number of hydrogen-bond donors (Lipinski definition) is 0. The summed E-state index contributed by atoms with van der Waals surface area (Å²) in [6.07, 6.45) is -0.287. The van der Waals surface area contributed by atoms with E-state index in [-0.39, 0.29) is 23.2 Å². The standard InChI is InChI=1S/C26H17ClN2O5/c27-16-10-12-17(13-11-16)28-21(30)14-19(25(28)33)22(23(31)15-6-2-1-3-7-15)29-20-9-5-4-8-18(20)24(32)26(29)34/h1-13,19,22H,14H2. The summed E-state index contributed by atoms with van der Waals surface area (Å²) in [6.45, 7) is 0. The molecule has 7 nitrogen and oxygen atoms in total. The highest BCUT2D eigenvalue weighted by molar-refractivity contribution is 6.53. The molecule has 1 saturated heterocycles. The Hall–Kier alpha value is -4.10. The Morgan fingerprint density at radius 1 is 0.853 bits per heavy atom. The van der Waals surface area contributed by atoms with Gasteiger partial charge in [-0.05, 0) is 36.4 Å². The molecule has 168 valence electrons. The maximum absolute atomic E-state index is 13.7. The number of rotatable bonds is 5. The summed E-state index contributed by atoms with van der Waals surface area (Å²) in [4.78, 5) is 68.0. The van der Waals surface area contributed by atoms with Crippen LogP contribution in [0.1, 0.15) is 27.1 Å². The molecule has 34 heavy (non-hydrogen) atoms. The predicted octanol–water partition coefficient (Wildman–Crippen LogP) is 3.70. The van der Waals surface area contributed by atoms with E-state index in [9.17, 15) is 24.0 Å². The highest BCUT2D eigenvalue weighted by atomic mass is 35.5. The fraction of sp³-hybridized carbons (Fsp3) is 0.115. The van der Waals surface area contributed by atoms with E-state index >= 15 is 0 Å². The van der Waals surface area contributed by atoms with Gasteiger partial charge in [-0.3, -0.25) is 33.8 Å². The van der Waals surface area contributed by atoms with Crippen LogP contribution < -0.4 is 9.80 Å². The largest absolute Gasteiger partial charge is 0.300 e. The van der Waals surface area contributed by atoms with E-state index in [2.05, 4.69) is 0 Å². The molecule has 2 atom stereocenters. The van der Waals surface area contributed by atoms with E-state index in [0.29, 0.717) is 10.7 Å². The molecule has 0 aliphatic carbocycles. The molecule has 0 saturated carbocycles. The summed E-state index contributed by atoms with van der Waals surface area (Å²) < 4.78 is 0. The van der Waals surface area contributed by atoms with Crippen molar-refractivity contribution in [1.29, 1.82) is 0 Å². The number of anilines is 2. The van der Waals surface area contributed by atoms with Gasteiger partial charge in [-0.25, -0.2) is 0 Å². The van der Waals surface area contributed by atoms with Crippen LogP contribution in [0.3, 0.4) is 0 Å². The van der Waals surface area contributed by atoms with E-state index in [4.69, 9.17) is 11.6 Å². The van der Waals surface area contributed by atoms with Crippen molar-refractivity contribution in [3.8, 4) is 0 Å². The van der Waals surface area contributed by atoms with Crippen LogP contribution in [0.15, 0.2) is 78.9 Å². The topological polar surface area (TPSA) is 91.8 Å². The molecule has 0 radical (unpaired) electrons. The molecule has 2 heterocycles. The van der Waals surface area contributed by atoms with Crippen molar-refractivity contribution in [2.24, 2.45) is 5.92 Å². The molecular formula is C26H17ClN2O5. The van der Waals surface area contributed by atoms with Gasteiger partial charge in [0.1, 0.15) is 6.04 Å². The number of carbonyl (C=O) groups is 5. The number of halogens is 1. The van der Waals surface area contributed by atoms with Crippen LogP contribution in [0.5, 0.6) is 0 Å². The van der Waals surface area contributed by atoms with Crippen LogP contribution in [0.4, 0.5) is 11.4 Å². The fourth-order valence-corrected chi connectivity index (χ4v) is 4.63. The lowest BCUT2D eigenvalue weighted by atomic mass is 9.89. The van der Waals surface area contributed by atoms with Gasteiger partial charge in [0.15, 0.2) is 5.78 Å². The van der Waals surface area contributed by atoms with Gasteiger partial charge in [0, 0.05) is 17.0 Å². The molecule has 3 aromatic carbocycles. The van der Waals surface area contributed by atoms with Crippen molar-refractivity contribution in [3.63, 3.8) is 0 Å². The normalized spacial score (nSPS) is 18.4. The van der Waals surface area contributed by atoms with Gasteiger partial charge in [0.2, 0.25) is 11.8 Å². The van der Waals surface area contributed by atoms with Gasteiger partial charge >= 0.3 is 0 Å². The van der Waals surface area contributed by atoms with Crippen LogP contribution in [0, 0.1) is 5.92 Å². The molecule has 3 aromatic rings. The Morgan fingerprint density at radius 3 is 2.21 bits per heavy atom. The second kappa shape index (κ2) is 8.35. The fourth-order valence-electron chi connectivity index (χ4n) is 4.50. The first-order valence-electron chi connectivity index (χ1n) is 10.6. The maximum Gasteiger partial charge on any atom is 0.300 e. The third-order valence-corrected chi connectivity index (χ3v) is 6.33. The summed E-state index contributed by atoms with van der Waals surface area (Å²) in [5, 5.41) is 0.439. The molecule has 8 heteroatoms. The highest BCUT2D eigenvalue weighted by Crippen LogP contribution is 2.38. The van der Waals surface area contributed by atoms with Gasteiger partial charge in [0.05, 0.1) is 22.9 Å². The van der Waals surface area contributed by atoms with Crippen molar-refractivity contribution in [1.82, 2.24) is 0 Å². The minimum absolute atomic E-state index is 0.157. The van der Waals surface area contributed by atoms with Crippen LogP contribution in [-0.2, 0) is 14.4 Å². The Morgan fingerprint density at radius 2 is 1.50 bits per heavy atom. The number of Topliss-reactive ketones (excluding diaryl/α,β-unsaturated/α-hetero) is 2. The zero-order valence-electron chi connectivity index (χ0n) is 17.7. The second-order valence-corrected chi connectivity index (χ2v) is 8.49. The van der Waals surface area contributed by atoms with E-state index in [1.54, 1.807) is 60.7 Å². The zero-order chi connectivity index (χ0) is 24.0. The average molecular weight is 473 g/mol. The van der Waals surface area contributed by atoms with Crippen LogP contribution in [0.2, 0.25) is 5.02 Å². The Bertz CT molecular complexity index is 1350. The Balaban J connectivity index is 1.61. The zero-order valence-corrected chi connectivity index (χ0v) is 18.4. The maximum atomic E-state index is 13.7. The predicted molar refractivity (Wildman–Crippen MR) is 125 cm³/mol. The van der Waals surface area contributed by atoms with Crippen molar-refractivity contribution in [3.05, 3.63) is 95.0 Å². The first kappa shape index (κ1) is 21.7. The molecule has 2 aliphatic heterocycles.